The van der Waals surface area contributed by atoms with Crippen molar-refractivity contribution in [3.63, 3.8) is 0 Å². The highest BCUT2D eigenvalue weighted by atomic mass is 32.1. The molecule has 0 atom stereocenters. The van der Waals surface area contributed by atoms with Gasteiger partial charge in [-0.1, -0.05) is 29.5 Å². The first-order valence-corrected chi connectivity index (χ1v) is 11.1. The van der Waals surface area contributed by atoms with Crippen molar-refractivity contribution < 1.29 is 0 Å². The topological polar surface area (TPSA) is 50.1 Å². The molecule has 7 heteroatoms. The van der Waals surface area contributed by atoms with Gasteiger partial charge in [-0.25, -0.2) is 4.68 Å². The average molecular weight is 395 g/mol. The van der Waals surface area contributed by atoms with Crippen LogP contribution >= 0.6 is 11.5 Å². The number of hydrogen-bond donors (Lipinski definition) is 0. The first-order valence-electron chi connectivity index (χ1n) is 10.3. The molecule has 3 aromatic rings. The lowest BCUT2D eigenvalue weighted by Gasteiger charge is -2.35. The van der Waals surface area contributed by atoms with E-state index in [4.69, 9.17) is 4.37 Å². The predicted molar refractivity (Wildman–Crippen MR) is 115 cm³/mol. The molecule has 1 saturated heterocycles. The van der Waals surface area contributed by atoms with Gasteiger partial charge in [-0.05, 0) is 55.9 Å². The minimum atomic E-state index is 0.942. The summed E-state index contributed by atoms with van der Waals surface area (Å²) in [6.07, 6.45) is 9.21. The Balaban J connectivity index is 1.09. The third-order valence-electron chi connectivity index (χ3n) is 5.79. The summed E-state index contributed by atoms with van der Waals surface area (Å²) < 4.78 is 6.79. The Labute approximate surface area is 169 Å². The molecule has 2 aromatic heterocycles. The Bertz CT molecular complexity index is 966. The molecule has 1 aromatic carbocycles. The Kier molecular flexibility index (Phi) is 5.10. The summed E-state index contributed by atoms with van der Waals surface area (Å²) in [5, 5.41) is 8.53. The summed E-state index contributed by atoms with van der Waals surface area (Å²) in [4.78, 5) is 6.52. The SMILES string of the molecule is C1=Cc2c(N3CCN(CCCCn4nnc5ccccc54)CC3)nsc2CC1. The fraction of sp³-hybridized carbons (Fsp3) is 0.476. The second-order valence-corrected chi connectivity index (χ2v) is 8.48. The van der Waals surface area contributed by atoms with Gasteiger partial charge < -0.3 is 4.90 Å². The van der Waals surface area contributed by atoms with E-state index < -0.39 is 0 Å². The van der Waals surface area contributed by atoms with Crippen LogP contribution in [0.15, 0.2) is 30.3 Å². The van der Waals surface area contributed by atoms with Crippen molar-refractivity contribution in [2.75, 3.05) is 37.6 Å². The molecule has 1 aliphatic carbocycles. The van der Waals surface area contributed by atoms with Gasteiger partial charge in [0.25, 0.3) is 0 Å². The van der Waals surface area contributed by atoms with E-state index >= 15 is 0 Å². The monoisotopic (exact) mass is 394 g/mol. The first-order chi connectivity index (χ1) is 13.9. The van der Waals surface area contributed by atoms with Gasteiger partial charge in [-0.3, -0.25) is 4.90 Å². The Hall–Kier alpha value is -2.25. The van der Waals surface area contributed by atoms with E-state index in [2.05, 4.69) is 44.4 Å². The Morgan fingerprint density at radius 1 is 1.00 bits per heavy atom. The summed E-state index contributed by atoms with van der Waals surface area (Å²) in [6, 6.07) is 8.18. The van der Waals surface area contributed by atoms with Crippen LogP contribution < -0.4 is 4.90 Å². The first kappa shape index (κ1) is 17.8. The van der Waals surface area contributed by atoms with Crippen LogP contribution in [0.25, 0.3) is 17.1 Å². The van der Waals surface area contributed by atoms with Crippen LogP contribution in [0.4, 0.5) is 5.82 Å². The number of rotatable bonds is 6. The van der Waals surface area contributed by atoms with E-state index in [0.29, 0.717) is 0 Å². The summed E-state index contributed by atoms with van der Waals surface area (Å²) in [5.74, 6) is 1.22. The molecule has 0 bridgehead atoms. The molecule has 5 rings (SSSR count). The van der Waals surface area contributed by atoms with Crippen LogP contribution in [0.5, 0.6) is 0 Å². The molecule has 0 unspecified atom stereocenters. The van der Waals surface area contributed by atoms with Crippen LogP contribution in [0.1, 0.15) is 29.7 Å². The minimum Gasteiger partial charge on any atom is -0.353 e. The van der Waals surface area contributed by atoms with Crippen molar-refractivity contribution in [3.8, 4) is 0 Å². The fourth-order valence-corrected chi connectivity index (χ4v) is 5.05. The highest BCUT2D eigenvalue weighted by Crippen LogP contribution is 2.32. The number of fused-ring (bicyclic) bond motifs is 2. The lowest BCUT2D eigenvalue weighted by atomic mass is 10.1. The van der Waals surface area contributed by atoms with Crippen molar-refractivity contribution in [1.29, 1.82) is 0 Å². The minimum absolute atomic E-state index is 0.942. The van der Waals surface area contributed by atoms with E-state index in [1.807, 2.05) is 16.8 Å². The van der Waals surface area contributed by atoms with Crippen LogP contribution in [0.3, 0.4) is 0 Å². The van der Waals surface area contributed by atoms with Crippen molar-refractivity contribution in [1.82, 2.24) is 24.3 Å². The largest absolute Gasteiger partial charge is 0.353 e. The molecule has 0 saturated carbocycles. The van der Waals surface area contributed by atoms with Crippen LogP contribution in [0, 0.1) is 0 Å². The highest BCUT2D eigenvalue weighted by Gasteiger charge is 2.23. The van der Waals surface area contributed by atoms with Crippen LogP contribution in [0.2, 0.25) is 0 Å². The third kappa shape index (κ3) is 3.56. The number of aryl methyl sites for hydroxylation is 2. The summed E-state index contributed by atoms with van der Waals surface area (Å²) in [7, 11) is 0. The maximum absolute atomic E-state index is 4.76. The maximum Gasteiger partial charge on any atom is 0.149 e. The number of benzene rings is 1. The smallest absolute Gasteiger partial charge is 0.149 e. The molecule has 0 spiro atoms. The van der Waals surface area contributed by atoms with Crippen LogP contribution in [-0.2, 0) is 13.0 Å². The number of unbranched alkanes of at least 4 members (excludes halogenated alkanes) is 1. The maximum atomic E-state index is 4.76. The molecule has 3 heterocycles. The van der Waals surface area contributed by atoms with E-state index in [1.165, 1.54) is 22.7 Å². The van der Waals surface area contributed by atoms with Crippen LogP contribution in [-0.4, -0.2) is 57.0 Å². The lowest BCUT2D eigenvalue weighted by molar-refractivity contribution is 0.250. The van der Waals surface area contributed by atoms with Gasteiger partial charge >= 0.3 is 0 Å². The van der Waals surface area contributed by atoms with Gasteiger partial charge in [0.2, 0.25) is 0 Å². The molecule has 146 valence electrons. The number of para-hydroxylation sites is 1. The Morgan fingerprint density at radius 2 is 1.86 bits per heavy atom. The molecule has 28 heavy (non-hydrogen) atoms. The molecule has 0 radical (unpaired) electrons. The zero-order valence-electron chi connectivity index (χ0n) is 16.1. The van der Waals surface area contributed by atoms with Crippen molar-refractivity contribution in [3.05, 3.63) is 40.8 Å². The Morgan fingerprint density at radius 3 is 2.79 bits per heavy atom. The lowest BCUT2D eigenvalue weighted by Crippen LogP contribution is -2.47. The zero-order valence-corrected chi connectivity index (χ0v) is 16.9. The zero-order chi connectivity index (χ0) is 18.8. The fourth-order valence-electron chi connectivity index (χ4n) is 4.18. The number of nitrogens with zero attached hydrogens (tertiary/aromatic N) is 6. The van der Waals surface area contributed by atoms with Gasteiger partial charge in [-0.2, -0.15) is 4.37 Å². The van der Waals surface area contributed by atoms with Gasteiger partial charge in [0.05, 0.1) is 5.52 Å². The number of aromatic nitrogens is 4. The normalized spacial score (nSPS) is 17.4. The number of hydrogen-bond acceptors (Lipinski definition) is 6. The van der Waals surface area contributed by atoms with Crippen molar-refractivity contribution >= 4 is 34.5 Å². The number of piperazine rings is 1. The molecular formula is C21H26N6S. The van der Waals surface area contributed by atoms with Crippen molar-refractivity contribution in [2.24, 2.45) is 0 Å². The molecule has 6 nitrogen and oxygen atoms in total. The third-order valence-corrected chi connectivity index (χ3v) is 6.70. The van der Waals surface area contributed by atoms with E-state index in [0.717, 1.165) is 69.6 Å². The second kappa shape index (κ2) is 8.01. The molecule has 2 aliphatic rings. The predicted octanol–water partition coefficient (Wildman–Crippen LogP) is 3.45. The molecule has 0 amide bonds. The standard InChI is InChI=1S/C21H26N6S/c1-4-10-20-17(7-1)21(23-28-20)26-15-13-25(14-16-26)11-5-6-12-27-19-9-3-2-8-18(19)22-24-27/h1-3,7-9H,4-6,10-16H2. The average Bonchev–Trinajstić information content (AvgIpc) is 3.36. The van der Waals surface area contributed by atoms with Gasteiger partial charge in [0.1, 0.15) is 11.3 Å². The number of allylic oxidation sites excluding steroid dienone is 1. The quantitative estimate of drug-likeness (QED) is 0.600. The second-order valence-electron chi connectivity index (χ2n) is 7.62. The summed E-state index contributed by atoms with van der Waals surface area (Å²) in [6.45, 7) is 6.52. The van der Waals surface area contributed by atoms with E-state index in [-0.39, 0.29) is 0 Å². The summed E-state index contributed by atoms with van der Waals surface area (Å²) >= 11 is 1.69. The summed E-state index contributed by atoms with van der Waals surface area (Å²) in [5.41, 5.74) is 3.50. The van der Waals surface area contributed by atoms with Crippen molar-refractivity contribution in [2.45, 2.75) is 32.2 Å². The molecule has 1 aliphatic heterocycles. The number of anilines is 1. The van der Waals surface area contributed by atoms with E-state index in [9.17, 15) is 0 Å². The molecular weight excluding hydrogens is 368 g/mol. The highest BCUT2D eigenvalue weighted by molar-refractivity contribution is 7.06. The van der Waals surface area contributed by atoms with E-state index in [1.54, 1.807) is 11.5 Å². The van der Waals surface area contributed by atoms with Gasteiger partial charge in [-0.15, -0.1) is 5.10 Å². The molecule has 1 fully saturated rings. The van der Waals surface area contributed by atoms with Gasteiger partial charge in [0, 0.05) is 43.2 Å². The van der Waals surface area contributed by atoms with Gasteiger partial charge in [0.15, 0.2) is 0 Å². The molecule has 0 N–H and O–H groups in total.